The number of aromatic nitrogens is 3. The maximum atomic E-state index is 11.8. The summed E-state index contributed by atoms with van der Waals surface area (Å²) < 4.78 is 1.71. The van der Waals surface area contributed by atoms with Crippen molar-refractivity contribution in [2.24, 2.45) is 12.8 Å². The molecule has 102 valence electrons. The Morgan fingerprint density at radius 1 is 1.63 bits per heavy atom. The van der Waals surface area contributed by atoms with Crippen LogP contribution in [-0.4, -0.2) is 20.7 Å². The minimum absolute atomic E-state index is 0.0506. The summed E-state index contributed by atoms with van der Waals surface area (Å²) in [4.78, 5) is 16.1. The van der Waals surface area contributed by atoms with Gasteiger partial charge in [0.25, 0.3) is 0 Å². The molecule has 7 heteroatoms. The van der Waals surface area contributed by atoms with Crippen molar-refractivity contribution >= 4 is 17.2 Å². The molecular weight excluding hydrogens is 262 g/mol. The molecule has 0 aliphatic heterocycles. The highest BCUT2D eigenvalue weighted by Gasteiger charge is 2.10. The maximum absolute atomic E-state index is 11.8. The quantitative estimate of drug-likeness (QED) is 0.846. The minimum Gasteiger partial charge on any atom is -0.352 e. The Bertz CT molecular complexity index is 560. The van der Waals surface area contributed by atoms with E-state index in [0.29, 0.717) is 6.54 Å². The standard InChI is InChI=1S/C12H17N5OS/c1-8(13)12-16-10(7-19-12)3-11(18)14-4-9-5-15-17(2)6-9/h5-8H,3-4,13H2,1-2H3,(H,14,18). The van der Waals surface area contributed by atoms with E-state index in [1.54, 1.807) is 10.9 Å². The Labute approximate surface area is 115 Å². The van der Waals surface area contributed by atoms with Crippen molar-refractivity contribution in [2.75, 3.05) is 0 Å². The summed E-state index contributed by atoms with van der Waals surface area (Å²) in [6.07, 6.45) is 3.89. The van der Waals surface area contributed by atoms with Crippen LogP contribution in [0.15, 0.2) is 17.8 Å². The molecule has 0 saturated carbocycles. The molecule has 0 fully saturated rings. The third-order valence-electron chi connectivity index (χ3n) is 2.55. The molecule has 2 heterocycles. The number of amides is 1. The minimum atomic E-state index is -0.0859. The Hall–Kier alpha value is -1.73. The first-order valence-corrected chi connectivity index (χ1v) is 6.86. The third kappa shape index (κ3) is 3.87. The molecule has 1 unspecified atom stereocenters. The van der Waals surface area contributed by atoms with Gasteiger partial charge in [0.2, 0.25) is 5.91 Å². The molecule has 1 atom stereocenters. The number of hydrogen-bond donors (Lipinski definition) is 2. The van der Waals surface area contributed by atoms with Crippen molar-refractivity contribution in [3.8, 4) is 0 Å². The first kappa shape index (κ1) is 13.7. The summed E-state index contributed by atoms with van der Waals surface area (Å²) in [7, 11) is 1.84. The van der Waals surface area contributed by atoms with E-state index in [0.717, 1.165) is 16.3 Å². The smallest absolute Gasteiger partial charge is 0.226 e. The molecule has 1 amide bonds. The second-order valence-electron chi connectivity index (χ2n) is 4.44. The van der Waals surface area contributed by atoms with Gasteiger partial charge in [-0.3, -0.25) is 9.48 Å². The largest absolute Gasteiger partial charge is 0.352 e. The lowest BCUT2D eigenvalue weighted by atomic mass is 10.3. The lowest BCUT2D eigenvalue weighted by Crippen LogP contribution is -2.24. The maximum Gasteiger partial charge on any atom is 0.226 e. The van der Waals surface area contributed by atoms with Crippen molar-refractivity contribution < 1.29 is 4.79 Å². The molecule has 0 saturated heterocycles. The molecule has 3 N–H and O–H groups in total. The molecule has 6 nitrogen and oxygen atoms in total. The molecule has 2 aromatic rings. The van der Waals surface area contributed by atoms with E-state index in [4.69, 9.17) is 5.73 Å². The monoisotopic (exact) mass is 279 g/mol. The molecule has 0 aliphatic carbocycles. The molecule has 0 radical (unpaired) electrons. The van der Waals surface area contributed by atoms with E-state index < -0.39 is 0 Å². The van der Waals surface area contributed by atoms with Crippen molar-refractivity contribution in [3.05, 3.63) is 34.0 Å². The number of thiazole rings is 1. The van der Waals surface area contributed by atoms with Crippen LogP contribution in [0, 0.1) is 0 Å². The number of nitrogens with zero attached hydrogens (tertiary/aromatic N) is 3. The topological polar surface area (TPSA) is 85.8 Å². The second-order valence-corrected chi connectivity index (χ2v) is 5.33. The van der Waals surface area contributed by atoms with E-state index >= 15 is 0 Å². The van der Waals surface area contributed by atoms with E-state index in [9.17, 15) is 4.79 Å². The zero-order valence-corrected chi connectivity index (χ0v) is 11.8. The fraction of sp³-hybridized carbons (Fsp3) is 0.417. The van der Waals surface area contributed by atoms with Crippen LogP contribution in [-0.2, 0) is 24.8 Å². The Morgan fingerprint density at radius 3 is 3.00 bits per heavy atom. The highest BCUT2D eigenvalue weighted by molar-refractivity contribution is 7.09. The van der Waals surface area contributed by atoms with Crippen LogP contribution in [0.3, 0.4) is 0 Å². The van der Waals surface area contributed by atoms with Gasteiger partial charge < -0.3 is 11.1 Å². The number of rotatable bonds is 5. The molecule has 2 rings (SSSR count). The summed E-state index contributed by atoms with van der Waals surface area (Å²) in [6, 6.07) is -0.0859. The molecule has 0 aliphatic rings. The molecule has 0 bridgehead atoms. The number of carbonyl (C=O) groups excluding carboxylic acids is 1. The Balaban J connectivity index is 1.83. The van der Waals surface area contributed by atoms with Gasteiger partial charge in [0.05, 0.1) is 24.4 Å². The van der Waals surface area contributed by atoms with Crippen LogP contribution in [0.25, 0.3) is 0 Å². The summed E-state index contributed by atoms with van der Waals surface area (Å²) in [5.74, 6) is -0.0506. The van der Waals surface area contributed by atoms with Gasteiger partial charge in [-0.15, -0.1) is 11.3 Å². The fourth-order valence-electron chi connectivity index (χ4n) is 1.60. The van der Waals surface area contributed by atoms with Crippen LogP contribution in [0.2, 0.25) is 0 Å². The second kappa shape index (κ2) is 5.94. The number of nitrogens with two attached hydrogens (primary N) is 1. The third-order valence-corrected chi connectivity index (χ3v) is 3.64. The number of carbonyl (C=O) groups is 1. The highest BCUT2D eigenvalue weighted by atomic mass is 32.1. The summed E-state index contributed by atoms with van der Waals surface area (Å²) in [5, 5.41) is 9.62. The normalized spacial score (nSPS) is 12.4. The van der Waals surface area contributed by atoms with Crippen LogP contribution < -0.4 is 11.1 Å². The zero-order chi connectivity index (χ0) is 13.8. The first-order chi connectivity index (χ1) is 9.04. The van der Waals surface area contributed by atoms with Crippen molar-refractivity contribution in [1.29, 1.82) is 0 Å². The van der Waals surface area contributed by atoms with Crippen LogP contribution in [0.1, 0.15) is 29.2 Å². The number of hydrogen-bond acceptors (Lipinski definition) is 5. The predicted octanol–water partition coefficient (Wildman–Crippen LogP) is 0.755. The van der Waals surface area contributed by atoms with E-state index in [1.807, 2.05) is 25.5 Å². The molecule has 19 heavy (non-hydrogen) atoms. The van der Waals surface area contributed by atoms with Crippen molar-refractivity contribution in [3.63, 3.8) is 0 Å². The molecule has 0 aromatic carbocycles. The van der Waals surface area contributed by atoms with E-state index in [2.05, 4.69) is 15.4 Å². The van der Waals surface area contributed by atoms with Gasteiger partial charge in [0, 0.05) is 30.7 Å². The molecule has 2 aromatic heterocycles. The van der Waals surface area contributed by atoms with Gasteiger partial charge in [0.15, 0.2) is 0 Å². The lowest BCUT2D eigenvalue weighted by molar-refractivity contribution is -0.120. The average Bonchev–Trinajstić information content (AvgIpc) is 2.96. The fourth-order valence-corrected chi connectivity index (χ4v) is 2.38. The predicted molar refractivity (Wildman–Crippen MR) is 73.5 cm³/mol. The Morgan fingerprint density at radius 2 is 2.42 bits per heavy atom. The number of aryl methyl sites for hydroxylation is 1. The summed E-state index contributed by atoms with van der Waals surface area (Å²) in [6.45, 7) is 2.36. The van der Waals surface area contributed by atoms with Crippen molar-refractivity contribution in [2.45, 2.75) is 25.9 Å². The zero-order valence-electron chi connectivity index (χ0n) is 11.0. The van der Waals surface area contributed by atoms with Gasteiger partial charge in [0.1, 0.15) is 5.01 Å². The summed E-state index contributed by atoms with van der Waals surface area (Å²) in [5.41, 5.74) is 7.47. The summed E-state index contributed by atoms with van der Waals surface area (Å²) >= 11 is 1.49. The SMILES string of the molecule is CC(N)c1nc(CC(=O)NCc2cnn(C)c2)cs1. The average molecular weight is 279 g/mol. The van der Waals surface area contributed by atoms with Crippen LogP contribution >= 0.6 is 11.3 Å². The van der Waals surface area contributed by atoms with E-state index in [1.165, 1.54) is 11.3 Å². The van der Waals surface area contributed by atoms with Gasteiger partial charge in [-0.05, 0) is 6.92 Å². The highest BCUT2D eigenvalue weighted by Crippen LogP contribution is 2.16. The van der Waals surface area contributed by atoms with Crippen LogP contribution in [0.4, 0.5) is 0 Å². The van der Waals surface area contributed by atoms with Gasteiger partial charge in [-0.1, -0.05) is 0 Å². The van der Waals surface area contributed by atoms with Gasteiger partial charge in [-0.25, -0.2) is 4.98 Å². The molecular formula is C12H17N5OS. The first-order valence-electron chi connectivity index (χ1n) is 5.98. The lowest BCUT2D eigenvalue weighted by Gasteiger charge is -2.02. The van der Waals surface area contributed by atoms with E-state index in [-0.39, 0.29) is 18.4 Å². The van der Waals surface area contributed by atoms with Gasteiger partial charge in [-0.2, -0.15) is 5.10 Å². The Kier molecular flexibility index (Phi) is 4.28. The number of nitrogens with one attached hydrogen (secondary N) is 1. The molecule has 0 spiro atoms. The van der Waals surface area contributed by atoms with Crippen LogP contribution in [0.5, 0.6) is 0 Å². The van der Waals surface area contributed by atoms with Gasteiger partial charge >= 0.3 is 0 Å². The van der Waals surface area contributed by atoms with Crippen molar-refractivity contribution in [1.82, 2.24) is 20.1 Å².